The minimum absolute atomic E-state index is 0.0774. The first-order chi connectivity index (χ1) is 14.3. The van der Waals surface area contributed by atoms with Crippen LogP contribution in [0.1, 0.15) is 29.1 Å². The normalized spacial score (nSPS) is 11.7. The average molecular weight is 448 g/mol. The van der Waals surface area contributed by atoms with Crippen molar-refractivity contribution >= 4 is 40.9 Å². The lowest BCUT2D eigenvalue weighted by Gasteiger charge is -2.13. The number of rotatable bonds is 7. The van der Waals surface area contributed by atoms with Gasteiger partial charge in [0, 0.05) is 23.3 Å². The third-order valence-electron chi connectivity index (χ3n) is 4.15. The Bertz CT molecular complexity index is 1060. The molecular weight excluding hydrogens is 429 g/mol. The van der Waals surface area contributed by atoms with Gasteiger partial charge in [0.05, 0.1) is 11.8 Å². The summed E-state index contributed by atoms with van der Waals surface area (Å²) in [7, 11) is 1.76. The lowest BCUT2D eigenvalue weighted by molar-refractivity contribution is -0.113. The van der Waals surface area contributed by atoms with Crippen LogP contribution in [-0.4, -0.2) is 32.3 Å². The third kappa shape index (κ3) is 5.58. The predicted molar refractivity (Wildman–Crippen MR) is 114 cm³/mol. The molecule has 2 amide bonds. The van der Waals surface area contributed by atoms with Gasteiger partial charge in [0.15, 0.2) is 11.0 Å². The van der Waals surface area contributed by atoms with Crippen LogP contribution in [0.5, 0.6) is 0 Å². The number of aromatic nitrogens is 3. The van der Waals surface area contributed by atoms with E-state index in [1.54, 1.807) is 48.9 Å². The molecule has 0 aliphatic heterocycles. The number of amides is 2. The van der Waals surface area contributed by atoms with Crippen molar-refractivity contribution < 1.29 is 14.0 Å². The Hall–Kier alpha value is -2.91. The minimum Gasteiger partial charge on any atom is -0.342 e. The molecule has 156 valence electrons. The number of halogens is 2. The van der Waals surface area contributed by atoms with Gasteiger partial charge >= 0.3 is 0 Å². The quantitative estimate of drug-likeness (QED) is 0.537. The van der Waals surface area contributed by atoms with E-state index in [4.69, 9.17) is 11.6 Å². The highest BCUT2D eigenvalue weighted by atomic mass is 35.5. The van der Waals surface area contributed by atoms with Gasteiger partial charge in [-0.25, -0.2) is 4.39 Å². The van der Waals surface area contributed by atoms with E-state index in [1.807, 2.05) is 0 Å². The van der Waals surface area contributed by atoms with E-state index in [2.05, 4.69) is 20.8 Å². The van der Waals surface area contributed by atoms with E-state index in [1.165, 1.54) is 30.0 Å². The monoisotopic (exact) mass is 447 g/mol. The van der Waals surface area contributed by atoms with Crippen LogP contribution in [0.3, 0.4) is 0 Å². The van der Waals surface area contributed by atoms with Crippen LogP contribution in [0, 0.1) is 5.82 Å². The number of hydrogen-bond donors (Lipinski definition) is 2. The molecule has 0 aliphatic rings. The summed E-state index contributed by atoms with van der Waals surface area (Å²) < 4.78 is 14.9. The maximum atomic E-state index is 13.2. The fourth-order valence-electron chi connectivity index (χ4n) is 2.67. The molecule has 0 fully saturated rings. The van der Waals surface area contributed by atoms with Gasteiger partial charge in [0.25, 0.3) is 5.91 Å². The number of nitrogens with one attached hydrogen (secondary N) is 2. The van der Waals surface area contributed by atoms with Gasteiger partial charge in [-0.05, 0) is 49.4 Å². The van der Waals surface area contributed by atoms with Crippen LogP contribution in [0.2, 0.25) is 5.02 Å². The second-order valence-corrected chi connectivity index (χ2v) is 7.83. The lowest BCUT2D eigenvalue weighted by Crippen LogP contribution is -2.28. The van der Waals surface area contributed by atoms with Gasteiger partial charge in [-0.3, -0.25) is 9.59 Å². The molecule has 2 N–H and O–H groups in total. The zero-order valence-electron chi connectivity index (χ0n) is 16.2. The molecule has 1 atom stereocenters. The van der Waals surface area contributed by atoms with E-state index in [0.717, 1.165) is 0 Å². The number of nitrogens with zero attached hydrogens (tertiary/aromatic N) is 3. The van der Waals surface area contributed by atoms with Crippen LogP contribution < -0.4 is 10.6 Å². The van der Waals surface area contributed by atoms with Gasteiger partial charge in [0.2, 0.25) is 5.91 Å². The number of thioether (sulfide) groups is 1. The maximum Gasteiger partial charge on any atom is 0.251 e. The van der Waals surface area contributed by atoms with Gasteiger partial charge in [-0.15, -0.1) is 10.2 Å². The van der Waals surface area contributed by atoms with Gasteiger partial charge in [-0.2, -0.15) is 0 Å². The summed E-state index contributed by atoms with van der Waals surface area (Å²) >= 11 is 7.03. The molecule has 0 saturated carbocycles. The second kappa shape index (κ2) is 9.73. The van der Waals surface area contributed by atoms with Crippen LogP contribution in [0.25, 0.3) is 0 Å². The summed E-state index contributed by atoms with van der Waals surface area (Å²) in [5.74, 6) is -0.350. The second-order valence-electron chi connectivity index (χ2n) is 6.45. The lowest BCUT2D eigenvalue weighted by atomic mass is 10.2. The number of anilines is 1. The Morgan fingerprint density at radius 2 is 1.93 bits per heavy atom. The molecule has 30 heavy (non-hydrogen) atoms. The van der Waals surface area contributed by atoms with Crippen molar-refractivity contribution in [1.82, 2.24) is 20.1 Å². The van der Waals surface area contributed by atoms with Crippen molar-refractivity contribution in [1.29, 1.82) is 0 Å². The summed E-state index contributed by atoms with van der Waals surface area (Å²) in [6, 6.07) is 11.8. The molecule has 0 aliphatic carbocycles. The Kier molecular flexibility index (Phi) is 7.07. The number of carbonyl (C=O) groups excluding carboxylic acids is 2. The van der Waals surface area contributed by atoms with E-state index < -0.39 is 11.9 Å². The third-order valence-corrected chi connectivity index (χ3v) is 5.42. The van der Waals surface area contributed by atoms with Crippen LogP contribution in [0.15, 0.2) is 53.7 Å². The van der Waals surface area contributed by atoms with Gasteiger partial charge in [-0.1, -0.05) is 29.4 Å². The molecular formula is C20H19ClFN5O2S. The summed E-state index contributed by atoms with van der Waals surface area (Å²) in [5, 5.41) is 14.8. The van der Waals surface area contributed by atoms with Crippen molar-refractivity contribution in [2.45, 2.75) is 18.1 Å². The molecule has 3 aromatic rings. The fraction of sp³-hybridized carbons (Fsp3) is 0.200. The van der Waals surface area contributed by atoms with Crippen molar-refractivity contribution in [3.8, 4) is 0 Å². The molecule has 1 aromatic heterocycles. The summed E-state index contributed by atoms with van der Waals surface area (Å²) in [5.41, 5.74) is 0.870. The first-order valence-corrected chi connectivity index (χ1v) is 10.3. The van der Waals surface area contributed by atoms with Crippen LogP contribution in [-0.2, 0) is 11.8 Å². The zero-order valence-corrected chi connectivity index (χ0v) is 17.8. The summed E-state index contributed by atoms with van der Waals surface area (Å²) in [6.45, 7) is 1.79. The zero-order chi connectivity index (χ0) is 21.7. The first-order valence-electron chi connectivity index (χ1n) is 8.97. The summed E-state index contributed by atoms with van der Waals surface area (Å²) in [6.07, 6.45) is 0. The molecule has 7 nitrogen and oxygen atoms in total. The standard InChI is InChI=1S/C20H19ClFN5O2S/c1-12(23-19(29)13-6-8-14(21)9-7-13)18-25-26-20(27(18)2)30-11-17(28)24-16-5-3-4-15(22)10-16/h3-10,12H,11H2,1-2H3,(H,23,29)(H,24,28). The van der Waals surface area contributed by atoms with E-state index in [0.29, 0.717) is 27.3 Å². The number of carbonyl (C=O) groups is 2. The Balaban J connectivity index is 1.57. The number of benzene rings is 2. The van der Waals surface area contributed by atoms with Crippen molar-refractivity contribution in [3.63, 3.8) is 0 Å². The minimum atomic E-state index is -0.423. The van der Waals surface area contributed by atoms with Gasteiger partial charge in [0.1, 0.15) is 5.82 Å². The molecule has 2 aromatic carbocycles. The van der Waals surface area contributed by atoms with E-state index >= 15 is 0 Å². The maximum absolute atomic E-state index is 13.2. The van der Waals surface area contributed by atoms with Crippen molar-refractivity contribution in [2.24, 2.45) is 7.05 Å². The molecule has 1 heterocycles. The summed E-state index contributed by atoms with van der Waals surface area (Å²) in [4.78, 5) is 24.5. The topological polar surface area (TPSA) is 88.9 Å². The molecule has 0 saturated heterocycles. The van der Waals surface area contributed by atoms with Crippen molar-refractivity contribution in [2.75, 3.05) is 11.1 Å². The molecule has 0 radical (unpaired) electrons. The Labute approximate surface area is 182 Å². The van der Waals surface area contributed by atoms with Crippen molar-refractivity contribution in [3.05, 3.63) is 70.8 Å². The highest BCUT2D eigenvalue weighted by Crippen LogP contribution is 2.20. The molecule has 10 heteroatoms. The predicted octanol–water partition coefficient (Wildman–Crippen LogP) is 3.83. The fourth-order valence-corrected chi connectivity index (χ4v) is 3.51. The molecule has 3 rings (SSSR count). The Morgan fingerprint density at radius 1 is 1.20 bits per heavy atom. The molecule has 0 spiro atoms. The largest absolute Gasteiger partial charge is 0.342 e. The van der Waals surface area contributed by atoms with Crippen LogP contribution >= 0.6 is 23.4 Å². The SMILES string of the molecule is CC(NC(=O)c1ccc(Cl)cc1)c1nnc(SCC(=O)Nc2cccc(F)c2)n1C. The number of hydrogen-bond acceptors (Lipinski definition) is 5. The molecule has 0 bridgehead atoms. The smallest absolute Gasteiger partial charge is 0.251 e. The first kappa shape index (κ1) is 21.8. The highest BCUT2D eigenvalue weighted by molar-refractivity contribution is 7.99. The van der Waals surface area contributed by atoms with Crippen LogP contribution in [0.4, 0.5) is 10.1 Å². The average Bonchev–Trinajstić information content (AvgIpc) is 3.07. The van der Waals surface area contributed by atoms with E-state index in [-0.39, 0.29) is 17.6 Å². The highest BCUT2D eigenvalue weighted by Gasteiger charge is 2.19. The van der Waals surface area contributed by atoms with E-state index in [9.17, 15) is 14.0 Å². The Morgan fingerprint density at radius 3 is 2.63 bits per heavy atom. The molecule has 1 unspecified atom stereocenters. The van der Waals surface area contributed by atoms with Gasteiger partial charge < -0.3 is 15.2 Å².